The van der Waals surface area contributed by atoms with Crippen LogP contribution in [0.2, 0.25) is 0 Å². The number of hydrogen-bond acceptors (Lipinski definition) is 5. The first-order chi connectivity index (χ1) is 15.3. The van der Waals surface area contributed by atoms with Gasteiger partial charge in [-0.2, -0.15) is 31.4 Å². The fraction of sp³-hybridized carbons (Fsp3) is 0.421. The number of amides is 2. The van der Waals surface area contributed by atoms with Gasteiger partial charge in [0, 0.05) is 13.1 Å². The molecule has 0 radical (unpaired) electrons. The van der Waals surface area contributed by atoms with Crippen molar-refractivity contribution in [2.45, 2.75) is 44.5 Å². The lowest BCUT2D eigenvalue weighted by atomic mass is 10.1. The van der Waals surface area contributed by atoms with E-state index in [2.05, 4.69) is 5.10 Å². The van der Waals surface area contributed by atoms with Crippen LogP contribution in [-0.4, -0.2) is 33.2 Å². The summed E-state index contributed by atoms with van der Waals surface area (Å²) in [7, 11) is 0. The van der Waals surface area contributed by atoms with Gasteiger partial charge in [-0.3, -0.25) is 9.48 Å². The van der Waals surface area contributed by atoms with Gasteiger partial charge in [0.05, 0.1) is 29.1 Å². The van der Waals surface area contributed by atoms with Gasteiger partial charge in [0.2, 0.25) is 5.91 Å². The first-order valence-corrected chi connectivity index (χ1v) is 9.57. The third-order valence-electron chi connectivity index (χ3n) is 4.93. The molecule has 2 amide bonds. The third kappa shape index (κ3) is 5.74. The largest absolute Gasteiger partial charge is 0.445 e. The van der Waals surface area contributed by atoms with E-state index in [9.17, 15) is 35.9 Å². The molecule has 8 nitrogen and oxygen atoms in total. The zero-order valence-electron chi connectivity index (χ0n) is 16.9. The zero-order valence-corrected chi connectivity index (χ0v) is 16.9. The van der Waals surface area contributed by atoms with Crippen molar-refractivity contribution >= 4 is 12.0 Å². The Morgan fingerprint density at radius 2 is 1.64 bits per heavy atom. The predicted molar refractivity (Wildman–Crippen MR) is 100 cm³/mol. The van der Waals surface area contributed by atoms with Crippen molar-refractivity contribution in [2.75, 3.05) is 6.54 Å². The summed E-state index contributed by atoms with van der Waals surface area (Å²) in [5.41, 5.74) is 8.08. The molecule has 0 fully saturated rings. The van der Waals surface area contributed by atoms with Crippen LogP contribution in [0.25, 0.3) is 0 Å². The molecule has 0 saturated carbocycles. The number of primary amides is 1. The van der Waals surface area contributed by atoms with E-state index in [1.54, 1.807) is 0 Å². The van der Waals surface area contributed by atoms with Crippen LogP contribution < -0.4 is 11.5 Å². The number of carbonyl (C=O) groups excluding carboxylic acids is 2. The number of ether oxygens (including phenoxy) is 1. The van der Waals surface area contributed by atoms with E-state index in [0.29, 0.717) is 30.8 Å². The number of fused-ring (bicyclic) bond motifs is 1. The van der Waals surface area contributed by atoms with Crippen LogP contribution >= 0.6 is 0 Å². The summed E-state index contributed by atoms with van der Waals surface area (Å²) in [4.78, 5) is 25.0. The smallest absolute Gasteiger partial charge is 0.416 e. The van der Waals surface area contributed by atoms with Gasteiger partial charge in [0.1, 0.15) is 12.6 Å². The van der Waals surface area contributed by atoms with E-state index in [-0.39, 0.29) is 24.8 Å². The maximum absolute atomic E-state index is 13.0. The SMILES string of the molecule is NC(=O)C(N)c1cc2n(n1)CCCN(C(=O)OCc1cc(C(F)(F)F)cc(C(F)(F)F)c1)C2. The Morgan fingerprint density at radius 1 is 1.03 bits per heavy atom. The number of carbonyl (C=O) groups is 2. The van der Waals surface area contributed by atoms with Crippen molar-refractivity contribution in [3.8, 4) is 0 Å². The first-order valence-electron chi connectivity index (χ1n) is 9.57. The first kappa shape index (κ1) is 24.4. The molecular weight excluding hydrogens is 460 g/mol. The van der Waals surface area contributed by atoms with Crippen molar-refractivity contribution in [1.82, 2.24) is 14.7 Å². The van der Waals surface area contributed by atoms with Crippen LogP contribution in [-0.2, 0) is 41.6 Å². The van der Waals surface area contributed by atoms with E-state index in [0.717, 1.165) is 0 Å². The normalized spacial score (nSPS) is 15.5. The van der Waals surface area contributed by atoms with Gasteiger partial charge in [0.25, 0.3) is 0 Å². The Balaban J connectivity index is 1.74. The summed E-state index contributed by atoms with van der Waals surface area (Å²) in [6, 6.07) is 1.34. The predicted octanol–water partition coefficient (Wildman–Crippen LogP) is 2.95. The van der Waals surface area contributed by atoms with Gasteiger partial charge in [-0.25, -0.2) is 4.79 Å². The molecule has 1 aliphatic heterocycles. The average Bonchev–Trinajstić information content (AvgIpc) is 3.01. The highest BCUT2D eigenvalue weighted by atomic mass is 19.4. The lowest BCUT2D eigenvalue weighted by Crippen LogP contribution is -2.31. The van der Waals surface area contributed by atoms with E-state index in [1.165, 1.54) is 15.6 Å². The molecule has 1 atom stereocenters. The molecule has 180 valence electrons. The minimum absolute atomic E-state index is 0.00431. The molecule has 4 N–H and O–H groups in total. The number of rotatable bonds is 4. The fourth-order valence-corrected chi connectivity index (χ4v) is 3.28. The van der Waals surface area contributed by atoms with Gasteiger partial charge >= 0.3 is 18.4 Å². The van der Waals surface area contributed by atoms with Gasteiger partial charge < -0.3 is 21.1 Å². The van der Waals surface area contributed by atoms with Gasteiger partial charge in [-0.1, -0.05) is 0 Å². The molecule has 14 heteroatoms. The summed E-state index contributed by atoms with van der Waals surface area (Å²) >= 11 is 0. The number of nitrogens with zero attached hydrogens (tertiary/aromatic N) is 3. The molecule has 0 bridgehead atoms. The number of alkyl halides is 6. The Bertz CT molecular complexity index is 1020. The maximum atomic E-state index is 13.0. The molecule has 1 unspecified atom stereocenters. The summed E-state index contributed by atoms with van der Waals surface area (Å²) in [5.74, 6) is -0.793. The maximum Gasteiger partial charge on any atom is 0.416 e. The second-order valence-corrected chi connectivity index (χ2v) is 7.41. The molecule has 3 rings (SSSR count). The zero-order chi connectivity index (χ0) is 24.6. The van der Waals surface area contributed by atoms with Crippen LogP contribution in [0.4, 0.5) is 31.1 Å². The van der Waals surface area contributed by atoms with Crippen molar-refractivity contribution < 1.29 is 40.7 Å². The van der Waals surface area contributed by atoms with E-state index >= 15 is 0 Å². The molecule has 0 saturated heterocycles. The van der Waals surface area contributed by atoms with Crippen molar-refractivity contribution in [3.05, 3.63) is 52.3 Å². The van der Waals surface area contributed by atoms with Crippen LogP contribution in [0.3, 0.4) is 0 Å². The molecule has 2 aromatic rings. The molecule has 33 heavy (non-hydrogen) atoms. The van der Waals surface area contributed by atoms with Crippen molar-refractivity contribution in [3.63, 3.8) is 0 Å². The summed E-state index contributed by atoms with van der Waals surface area (Å²) in [5, 5.41) is 4.18. The second-order valence-electron chi connectivity index (χ2n) is 7.41. The molecule has 1 aromatic heterocycles. The van der Waals surface area contributed by atoms with E-state index < -0.39 is 53.7 Å². The minimum atomic E-state index is -5.01. The average molecular weight is 479 g/mol. The topological polar surface area (TPSA) is 116 Å². The lowest BCUT2D eigenvalue weighted by Gasteiger charge is -2.20. The highest BCUT2D eigenvalue weighted by molar-refractivity contribution is 5.80. The minimum Gasteiger partial charge on any atom is -0.445 e. The lowest BCUT2D eigenvalue weighted by molar-refractivity contribution is -0.143. The monoisotopic (exact) mass is 479 g/mol. The number of hydrogen-bond donors (Lipinski definition) is 2. The highest BCUT2D eigenvalue weighted by Crippen LogP contribution is 2.36. The summed E-state index contributed by atoms with van der Waals surface area (Å²) < 4.78 is 84.5. The number of nitrogens with two attached hydrogens (primary N) is 2. The number of aryl methyl sites for hydroxylation is 1. The van der Waals surface area contributed by atoms with Gasteiger partial charge in [-0.15, -0.1) is 0 Å². The van der Waals surface area contributed by atoms with Crippen LogP contribution in [0.1, 0.15) is 40.5 Å². The Morgan fingerprint density at radius 3 is 2.18 bits per heavy atom. The third-order valence-corrected chi connectivity index (χ3v) is 4.93. The second kappa shape index (κ2) is 8.92. The summed E-state index contributed by atoms with van der Waals surface area (Å²) in [6.45, 7) is -0.226. The van der Waals surface area contributed by atoms with E-state index in [1.807, 2.05) is 0 Å². The quantitative estimate of drug-likeness (QED) is 0.655. The van der Waals surface area contributed by atoms with E-state index in [4.69, 9.17) is 16.2 Å². The summed E-state index contributed by atoms with van der Waals surface area (Å²) in [6.07, 6.45) is -10.5. The van der Waals surface area contributed by atoms with Crippen LogP contribution in [0, 0.1) is 0 Å². The fourth-order valence-electron chi connectivity index (χ4n) is 3.28. The molecule has 0 spiro atoms. The standard InChI is InChI=1S/C19H19F6N5O3/c20-18(21,22)11-4-10(5-12(6-11)19(23,24)25)9-33-17(32)29-2-1-3-30-13(8-29)7-14(28-30)15(26)16(27)31/h4-7,15H,1-3,8-9,26H2,(H2,27,31). The highest BCUT2D eigenvalue weighted by Gasteiger charge is 2.37. The Hall–Kier alpha value is -3.29. The van der Waals surface area contributed by atoms with Crippen LogP contribution in [0.15, 0.2) is 24.3 Å². The molecule has 0 aliphatic carbocycles. The Labute approximate surface area is 183 Å². The Kier molecular flexibility index (Phi) is 6.58. The molecular formula is C19H19F6N5O3. The van der Waals surface area contributed by atoms with Gasteiger partial charge in [-0.05, 0) is 36.2 Å². The number of halogens is 6. The van der Waals surface area contributed by atoms with Crippen molar-refractivity contribution in [1.29, 1.82) is 0 Å². The van der Waals surface area contributed by atoms with Crippen molar-refractivity contribution in [2.24, 2.45) is 11.5 Å². The van der Waals surface area contributed by atoms with Gasteiger partial charge in [0.15, 0.2) is 0 Å². The van der Waals surface area contributed by atoms with Crippen LogP contribution in [0.5, 0.6) is 0 Å². The molecule has 1 aliphatic rings. The number of aromatic nitrogens is 2. The molecule has 2 heterocycles. The number of benzene rings is 1. The molecule has 1 aromatic carbocycles.